The Balaban J connectivity index is 1.76. The molecule has 0 spiro atoms. The topological polar surface area (TPSA) is 58.6 Å². The molecule has 0 saturated carbocycles. The van der Waals surface area contributed by atoms with Crippen LogP contribution in [0.3, 0.4) is 0 Å². The smallest absolute Gasteiger partial charge is 0.404 e. The molecule has 2 aromatic rings. The highest BCUT2D eigenvalue weighted by atomic mass is 32.2. The Morgan fingerprint density at radius 2 is 2.12 bits per heavy atom. The number of hydrogen-bond acceptors (Lipinski definition) is 3. The molecule has 4 nitrogen and oxygen atoms in total. The van der Waals surface area contributed by atoms with Crippen LogP contribution in [0.1, 0.15) is 29.9 Å². The number of aryl methyl sites for hydroxylation is 1. The minimum atomic E-state index is -0.952. The molecule has 0 saturated heterocycles. The summed E-state index contributed by atoms with van der Waals surface area (Å²) in [6, 6.07) is 14.6. The van der Waals surface area contributed by atoms with Gasteiger partial charge in [0.2, 0.25) is 0 Å². The van der Waals surface area contributed by atoms with E-state index in [1.165, 1.54) is 16.0 Å². The van der Waals surface area contributed by atoms with Gasteiger partial charge in [-0.15, -0.1) is 0 Å². The van der Waals surface area contributed by atoms with Gasteiger partial charge in [-0.05, 0) is 60.7 Å². The van der Waals surface area contributed by atoms with Gasteiger partial charge in [-0.25, -0.2) is 4.79 Å². The minimum absolute atomic E-state index is 0.278. The summed E-state index contributed by atoms with van der Waals surface area (Å²) in [5, 5.41) is 11.3. The van der Waals surface area contributed by atoms with Crippen molar-refractivity contribution in [1.29, 1.82) is 0 Å². The van der Waals surface area contributed by atoms with E-state index in [0.29, 0.717) is 6.54 Å². The molecule has 5 heteroatoms. The lowest BCUT2D eigenvalue weighted by Crippen LogP contribution is -2.28. The molecule has 0 fully saturated rings. The Morgan fingerprint density at radius 3 is 2.92 bits per heavy atom. The van der Waals surface area contributed by atoms with Crippen molar-refractivity contribution in [2.24, 2.45) is 0 Å². The third-order valence-corrected chi connectivity index (χ3v) is 5.31. The van der Waals surface area contributed by atoms with Crippen LogP contribution in [0, 0.1) is 0 Å². The maximum absolute atomic E-state index is 10.7. The zero-order chi connectivity index (χ0) is 16.9. The number of hydrogen-bond donors (Lipinski definition) is 2. The van der Waals surface area contributed by atoms with Crippen molar-refractivity contribution in [1.82, 2.24) is 5.32 Å². The summed E-state index contributed by atoms with van der Waals surface area (Å²) in [4.78, 5) is 13.1. The van der Waals surface area contributed by atoms with Gasteiger partial charge in [0.05, 0.1) is 7.11 Å². The Hall–Kier alpha value is -2.14. The number of rotatable bonds is 5. The Bertz CT molecular complexity index is 732. The van der Waals surface area contributed by atoms with Crippen molar-refractivity contribution < 1.29 is 14.6 Å². The summed E-state index contributed by atoms with van der Waals surface area (Å²) in [5.41, 5.74) is 2.62. The first-order valence-electron chi connectivity index (χ1n) is 8.07. The number of carbonyl (C=O) groups is 1. The molecule has 1 atom stereocenters. The number of carboxylic acid groups (broad SMARTS) is 1. The summed E-state index contributed by atoms with van der Waals surface area (Å²) < 4.78 is 5.28. The highest BCUT2D eigenvalue weighted by Gasteiger charge is 2.21. The molecule has 126 valence electrons. The first-order chi connectivity index (χ1) is 11.7. The fraction of sp³-hybridized carbons (Fsp3) is 0.316. The van der Waals surface area contributed by atoms with Gasteiger partial charge in [-0.2, -0.15) is 0 Å². The Kier molecular flexibility index (Phi) is 5.30. The van der Waals surface area contributed by atoms with E-state index in [9.17, 15) is 4.79 Å². The fourth-order valence-electron chi connectivity index (χ4n) is 3.18. The molecule has 1 aliphatic rings. The standard InChI is InChI=1S/C19H21NO3S/c1-23-15-6-3-7-16(11-15)24-17-8-9-18-13(10-17)4-2-5-14(18)12-20-19(21)22/h3,6-11,14,20H,2,4-5,12H2,1H3,(H,21,22)/t14-/m0/s1. The monoisotopic (exact) mass is 343 g/mol. The normalized spacial score (nSPS) is 16.3. The van der Waals surface area contributed by atoms with Crippen LogP contribution in [-0.4, -0.2) is 24.9 Å². The first kappa shape index (κ1) is 16.7. The van der Waals surface area contributed by atoms with E-state index in [1.54, 1.807) is 18.9 Å². The van der Waals surface area contributed by atoms with Gasteiger partial charge in [-0.3, -0.25) is 0 Å². The predicted molar refractivity (Wildman–Crippen MR) is 95.3 cm³/mol. The molecule has 3 rings (SSSR count). The molecule has 1 amide bonds. The second-order valence-electron chi connectivity index (χ2n) is 5.92. The Morgan fingerprint density at radius 1 is 1.29 bits per heavy atom. The van der Waals surface area contributed by atoms with Gasteiger partial charge in [0.15, 0.2) is 0 Å². The molecular formula is C19H21NO3S. The predicted octanol–water partition coefficient (Wildman–Crippen LogP) is 4.53. The largest absolute Gasteiger partial charge is 0.497 e. The van der Waals surface area contributed by atoms with Gasteiger partial charge < -0.3 is 15.2 Å². The molecule has 0 radical (unpaired) electrons. The van der Waals surface area contributed by atoms with Crippen molar-refractivity contribution in [2.45, 2.75) is 35.0 Å². The Labute approximate surface area is 146 Å². The van der Waals surface area contributed by atoms with Crippen LogP contribution in [0.25, 0.3) is 0 Å². The number of nitrogens with one attached hydrogen (secondary N) is 1. The second kappa shape index (κ2) is 7.62. The summed E-state index contributed by atoms with van der Waals surface area (Å²) >= 11 is 1.72. The summed E-state index contributed by atoms with van der Waals surface area (Å²) in [6.45, 7) is 0.491. The van der Waals surface area contributed by atoms with Gasteiger partial charge in [0.1, 0.15) is 5.75 Å². The van der Waals surface area contributed by atoms with E-state index < -0.39 is 6.09 Å². The zero-order valence-corrected chi connectivity index (χ0v) is 14.4. The summed E-state index contributed by atoms with van der Waals surface area (Å²) in [7, 11) is 1.67. The van der Waals surface area contributed by atoms with E-state index in [-0.39, 0.29) is 5.92 Å². The van der Waals surface area contributed by atoms with Crippen LogP contribution in [0.15, 0.2) is 52.3 Å². The average Bonchev–Trinajstić information content (AvgIpc) is 2.59. The highest BCUT2D eigenvalue weighted by Crippen LogP contribution is 2.36. The molecule has 0 bridgehead atoms. The van der Waals surface area contributed by atoms with E-state index >= 15 is 0 Å². The van der Waals surface area contributed by atoms with Crippen LogP contribution in [-0.2, 0) is 6.42 Å². The number of fused-ring (bicyclic) bond motifs is 1. The molecule has 2 aromatic carbocycles. The van der Waals surface area contributed by atoms with Crippen molar-refractivity contribution in [3.8, 4) is 5.75 Å². The minimum Gasteiger partial charge on any atom is -0.497 e. The van der Waals surface area contributed by atoms with Gasteiger partial charge in [0, 0.05) is 22.3 Å². The van der Waals surface area contributed by atoms with Crippen LogP contribution in [0.4, 0.5) is 4.79 Å². The van der Waals surface area contributed by atoms with Crippen LogP contribution >= 0.6 is 11.8 Å². The quantitative estimate of drug-likeness (QED) is 0.837. The van der Waals surface area contributed by atoms with E-state index in [1.807, 2.05) is 18.2 Å². The second-order valence-corrected chi connectivity index (χ2v) is 7.06. The van der Waals surface area contributed by atoms with E-state index in [0.717, 1.165) is 29.9 Å². The SMILES string of the molecule is COc1cccc(Sc2ccc3c(c2)CCC[C@H]3CNC(=O)O)c1. The van der Waals surface area contributed by atoms with Crippen molar-refractivity contribution >= 4 is 17.9 Å². The van der Waals surface area contributed by atoms with Crippen molar-refractivity contribution in [3.05, 3.63) is 53.6 Å². The molecule has 0 aliphatic heterocycles. The molecular weight excluding hydrogens is 322 g/mol. The van der Waals surface area contributed by atoms with Gasteiger partial charge in [0.25, 0.3) is 0 Å². The molecule has 0 heterocycles. The third-order valence-electron chi connectivity index (χ3n) is 4.33. The van der Waals surface area contributed by atoms with Gasteiger partial charge in [-0.1, -0.05) is 23.9 Å². The number of benzene rings is 2. The van der Waals surface area contributed by atoms with Crippen LogP contribution in [0.2, 0.25) is 0 Å². The van der Waals surface area contributed by atoms with Gasteiger partial charge >= 0.3 is 6.09 Å². The van der Waals surface area contributed by atoms with Crippen LogP contribution < -0.4 is 10.1 Å². The van der Waals surface area contributed by atoms with E-state index in [2.05, 4.69) is 29.6 Å². The number of methoxy groups -OCH3 is 1. The lowest BCUT2D eigenvalue weighted by molar-refractivity contribution is 0.193. The van der Waals surface area contributed by atoms with Crippen LogP contribution in [0.5, 0.6) is 5.75 Å². The molecule has 1 aliphatic carbocycles. The zero-order valence-electron chi connectivity index (χ0n) is 13.6. The summed E-state index contributed by atoms with van der Waals surface area (Å²) in [6.07, 6.45) is 2.25. The molecule has 2 N–H and O–H groups in total. The lowest BCUT2D eigenvalue weighted by atomic mass is 9.83. The lowest BCUT2D eigenvalue weighted by Gasteiger charge is -2.26. The molecule has 0 unspecified atom stereocenters. The summed E-state index contributed by atoms with van der Waals surface area (Å²) in [5.74, 6) is 1.14. The highest BCUT2D eigenvalue weighted by molar-refractivity contribution is 7.99. The van der Waals surface area contributed by atoms with E-state index in [4.69, 9.17) is 9.84 Å². The maximum atomic E-state index is 10.7. The first-order valence-corrected chi connectivity index (χ1v) is 8.89. The van der Waals surface area contributed by atoms with Crippen molar-refractivity contribution in [3.63, 3.8) is 0 Å². The number of amides is 1. The fourth-order valence-corrected chi connectivity index (χ4v) is 4.11. The molecule has 0 aromatic heterocycles. The van der Waals surface area contributed by atoms with Crippen molar-refractivity contribution in [2.75, 3.05) is 13.7 Å². The number of ether oxygens (including phenoxy) is 1. The average molecular weight is 343 g/mol. The molecule has 24 heavy (non-hydrogen) atoms. The maximum Gasteiger partial charge on any atom is 0.404 e. The third kappa shape index (κ3) is 4.03.